The molecule has 0 bridgehead atoms. The van der Waals surface area contributed by atoms with Crippen molar-refractivity contribution in [3.63, 3.8) is 0 Å². The summed E-state index contributed by atoms with van der Waals surface area (Å²) < 4.78 is 26.1. The van der Waals surface area contributed by atoms with Gasteiger partial charge in [-0.05, 0) is 18.6 Å². The number of benzene rings is 1. The Balaban J connectivity index is 2.05. The van der Waals surface area contributed by atoms with E-state index in [9.17, 15) is 8.42 Å². The second kappa shape index (κ2) is 8.41. The van der Waals surface area contributed by atoms with Crippen molar-refractivity contribution in [3.05, 3.63) is 45.9 Å². The summed E-state index contributed by atoms with van der Waals surface area (Å²) in [6, 6.07) is 6.94. The van der Waals surface area contributed by atoms with Crippen LogP contribution >= 0.6 is 11.3 Å². The molecule has 25 heavy (non-hydrogen) atoms. The van der Waals surface area contributed by atoms with Gasteiger partial charge in [0, 0.05) is 38.8 Å². The van der Waals surface area contributed by atoms with E-state index in [2.05, 4.69) is 20.6 Å². The van der Waals surface area contributed by atoms with Crippen molar-refractivity contribution in [2.45, 2.75) is 24.9 Å². The van der Waals surface area contributed by atoms with Crippen molar-refractivity contribution in [2.24, 2.45) is 4.99 Å². The fraction of sp³-hybridized carbons (Fsp3) is 0.375. The predicted molar refractivity (Wildman–Crippen MR) is 101 cm³/mol. The lowest BCUT2D eigenvalue weighted by molar-refractivity contribution is 0.519. The number of thiazole rings is 1. The molecule has 0 unspecified atom stereocenters. The summed E-state index contributed by atoms with van der Waals surface area (Å²) in [6.45, 7) is 2.92. The minimum absolute atomic E-state index is 0.290. The Hall–Kier alpha value is -1.97. The number of hydrogen-bond donors (Lipinski definition) is 2. The number of nitrogens with one attached hydrogen (secondary N) is 2. The molecular formula is C16H23N5O2S2. The Kier molecular flexibility index (Phi) is 6.51. The summed E-state index contributed by atoms with van der Waals surface area (Å²) in [5.74, 6) is 0.588. The largest absolute Gasteiger partial charge is 0.352 e. The van der Waals surface area contributed by atoms with Crippen molar-refractivity contribution < 1.29 is 8.42 Å². The van der Waals surface area contributed by atoms with E-state index in [1.165, 1.54) is 18.4 Å². The van der Waals surface area contributed by atoms with Crippen molar-refractivity contribution in [2.75, 3.05) is 21.1 Å². The zero-order chi connectivity index (χ0) is 18.4. The second-order valence-electron chi connectivity index (χ2n) is 5.54. The molecular weight excluding hydrogens is 358 g/mol. The fourth-order valence-corrected chi connectivity index (χ4v) is 3.98. The Morgan fingerprint density at radius 2 is 1.92 bits per heavy atom. The second-order valence-corrected chi connectivity index (χ2v) is 8.98. The Bertz CT molecular complexity index is 844. The molecule has 9 heteroatoms. The highest BCUT2D eigenvalue weighted by Crippen LogP contribution is 2.18. The monoisotopic (exact) mass is 381 g/mol. The van der Waals surface area contributed by atoms with Gasteiger partial charge in [0.2, 0.25) is 10.0 Å². The van der Waals surface area contributed by atoms with Crippen LogP contribution in [0.5, 0.6) is 0 Å². The molecule has 0 atom stereocenters. The van der Waals surface area contributed by atoms with Crippen LogP contribution in [0.2, 0.25) is 0 Å². The molecule has 0 aliphatic heterocycles. The molecule has 0 saturated heterocycles. The lowest BCUT2D eigenvalue weighted by Crippen LogP contribution is -2.36. The minimum Gasteiger partial charge on any atom is -0.352 e. The molecule has 2 rings (SSSR count). The lowest BCUT2D eigenvalue weighted by Gasteiger charge is -2.16. The number of aryl methyl sites for hydroxylation is 1. The molecule has 7 nitrogen and oxygen atoms in total. The number of rotatable bonds is 6. The molecule has 0 fully saturated rings. The summed E-state index contributed by atoms with van der Waals surface area (Å²) >= 11 is 1.62. The van der Waals surface area contributed by atoms with E-state index in [1.807, 2.05) is 19.2 Å². The van der Waals surface area contributed by atoms with E-state index in [1.54, 1.807) is 36.6 Å². The SMILES string of the molecule is CN=C(NCc1ncc(C)s1)NCc1ccccc1S(=O)(=O)N(C)C. The first-order valence-corrected chi connectivity index (χ1v) is 9.96. The number of aromatic nitrogens is 1. The van der Waals surface area contributed by atoms with Crippen LogP contribution in [0.25, 0.3) is 0 Å². The maximum absolute atomic E-state index is 12.4. The van der Waals surface area contributed by atoms with E-state index < -0.39 is 10.0 Å². The van der Waals surface area contributed by atoms with Crippen LogP contribution in [0, 0.1) is 6.92 Å². The molecule has 136 valence electrons. The molecule has 1 aromatic carbocycles. The maximum Gasteiger partial charge on any atom is 0.242 e. The van der Waals surface area contributed by atoms with Crippen molar-refractivity contribution in [1.29, 1.82) is 0 Å². The van der Waals surface area contributed by atoms with Gasteiger partial charge in [-0.2, -0.15) is 0 Å². The van der Waals surface area contributed by atoms with E-state index in [-0.39, 0.29) is 0 Å². The normalized spacial score (nSPS) is 12.4. The van der Waals surface area contributed by atoms with Gasteiger partial charge in [0.1, 0.15) is 5.01 Å². The van der Waals surface area contributed by atoms with E-state index >= 15 is 0 Å². The van der Waals surface area contributed by atoms with Crippen LogP contribution in [0.4, 0.5) is 0 Å². The lowest BCUT2D eigenvalue weighted by atomic mass is 10.2. The van der Waals surface area contributed by atoms with Gasteiger partial charge in [0.15, 0.2) is 5.96 Å². The molecule has 0 aliphatic rings. The van der Waals surface area contributed by atoms with Crippen LogP contribution in [-0.2, 0) is 23.1 Å². The quantitative estimate of drug-likeness (QED) is 0.586. The van der Waals surface area contributed by atoms with Gasteiger partial charge in [0.25, 0.3) is 0 Å². The van der Waals surface area contributed by atoms with Gasteiger partial charge in [-0.25, -0.2) is 17.7 Å². The van der Waals surface area contributed by atoms with Gasteiger partial charge >= 0.3 is 0 Å². The smallest absolute Gasteiger partial charge is 0.242 e. The van der Waals surface area contributed by atoms with Crippen molar-refractivity contribution in [3.8, 4) is 0 Å². The van der Waals surface area contributed by atoms with E-state index in [4.69, 9.17) is 0 Å². The van der Waals surface area contributed by atoms with Gasteiger partial charge in [-0.15, -0.1) is 11.3 Å². The highest BCUT2D eigenvalue weighted by molar-refractivity contribution is 7.89. The third-order valence-electron chi connectivity index (χ3n) is 3.48. The summed E-state index contributed by atoms with van der Waals surface area (Å²) in [6.07, 6.45) is 1.83. The third-order valence-corrected chi connectivity index (χ3v) is 6.31. The number of hydrogen-bond acceptors (Lipinski definition) is 5. The molecule has 0 saturated carbocycles. The molecule has 0 radical (unpaired) electrons. The number of nitrogens with zero attached hydrogens (tertiary/aromatic N) is 3. The van der Waals surface area contributed by atoms with Gasteiger partial charge in [-0.3, -0.25) is 4.99 Å². The van der Waals surface area contributed by atoms with Crippen molar-refractivity contribution >= 4 is 27.3 Å². The summed E-state index contributed by atoms with van der Waals surface area (Å²) in [4.78, 5) is 9.90. The first-order valence-electron chi connectivity index (χ1n) is 7.71. The molecule has 0 spiro atoms. The van der Waals surface area contributed by atoms with E-state index in [0.717, 1.165) is 9.88 Å². The molecule has 2 N–H and O–H groups in total. The molecule has 0 amide bonds. The Labute approximate surface area is 152 Å². The predicted octanol–water partition coefficient (Wildman–Crippen LogP) is 1.57. The Morgan fingerprint density at radius 3 is 2.52 bits per heavy atom. The number of aliphatic imine (C=N–C) groups is 1. The summed E-state index contributed by atoms with van der Waals surface area (Å²) in [5, 5.41) is 7.29. The highest BCUT2D eigenvalue weighted by atomic mass is 32.2. The van der Waals surface area contributed by atoms with Gasteiger partial charge in [-0.1, -0.05) is 18.2 Å². The van der Waals surface area contributed by atoms with Crippen LogP contribution < -0.4 is 10.6 Å². The topological polar surface area (TPSA) is 86.7 Å². The minimum atomic E-state index is -3.49. The maximum atomic E-state index is 12.4. The molecule has 2 aromatic rings. The van der Waals surface area contributed by atoms with Crippen LogP contribution in [0.3, 0.4) is 0 Å². The first-order chi connectivity index (χ1) is 11.8. The van der Waals surface area contributed by atoms with Gasteiger partial charge in [0.05, 0.1) is 11.4 Å². The highest BCUT2D eigenvalue weighted by Gasteiger charge is 2.20. The average molecular weight is 382 g/mol. The zero-order valence-corrected chi connectivity index (χ0v) is 16.4. The van der Waals surface area contributed by atoms with Crippen molar-refractivity contribution in [1.82, 2.24) is 19.9 Å². The van der Waals surface area contributed by atoms with Crippen LogP contribution in [0.1, 0.15) is 15.4 Å². The Morgan fingerprint density at radius 1 is 1.24 bits per heavy atom. The van der Waals surface area contributed by atoms with Crippen LogP contribution in [0.15, 0.2) is 40.4 Å². The molecule has 0 aliphatic carbocycles. The van der Waals surface area contributed by atoms with Gasteiger partial charge < -0.3 is 10.6 Å². The standard InChI is InChI=1S/C16H23N5O2S2/c1-12-9-18-15(24-12)11-20-16(17-2)19-10-13-7-5-6-8-14(13)25(22,23)21(3)4/h5-9H,10-11H2,1-4H3,(H2,17,19,20). The van der Waals surface area contributed by atoms with Crippen LogP contribution in [-0.4, -0.2) is 44.8 Å². The fourth-order valence-electron chi connectivity index (χ4n) is 2.14. The summed E-state index contributed by atoms with van der Waals surface area (Å²) in [5.41, 5.74) is 0.684. The van der Waals surface area contributed by atoms with E-state index in [0.29, 0.717) is 29.5 Å². The average Bonchev–Trinajstić information content (AvgIpc) is 3.00. The zero-order valence-electron chi connectivity index (χ0n) is 14.8. The third kappa shape index (κ3) is 5.00. The molecule has 1 aromatic heterocycles. The summed E-state index contributed by atoms with van der Waals surface area (Å²) in [7, 11) is 1.23. The first kappa shape index (κ1) is 19.4. The molecule has 1 heterocycles. The number of sulfonamides is 1. The number of guanidine groups is 1.